The number of hydrogen-bond acceptors (Lipinski definition) is 6. The molecule has 6 nitrogen and oxygen atoms in total. The van der Waals surface area contributed by atoms with E-state index in [2.05, 4.69) is 5.32 Å². The van der Waals surface area contributed by atoms with Crippen LogP contribution in [0.3, 0.4) is 0 Å². The second-order valence-corrected chi connectivity index (χ2v) is 8.17. The van der Waals surface area contributed by atoms with Crippen molar-refractivity contribution in [2.45, 2.75) is 12.5 Å². The highest BCUT2D eigenvalue weighted by atomic mass is 32.2. The maximum absolute atomic E-state index is 12.2. The molecule has 0 aromatic heterocycles. The lowest BCUT2D eigenvalue weighted by atomic mass is 10.1. The fraction of sp³-hybridized carbons (Fsp3) is 0.294. The highest BCUT2D eigenvalue weighted by molar-refractivity contribution is 8.26. The maximum Gasteiger partial charge on any atom is 0.326 e. The summed E-state index contributed by atoms with van der Waals surface area (Å²) in [6.07, 6.45) is 3.95. The molecule has 1 aromatic rings. The Hall–Kier alpha value is -1.84. The van der Waals surface area contributed by atoms with Crippen molar-refractivity contribution in [2.24, 2.45) is 0 Å². The van der Waals surface area contributed by atoms with Crippen molar-refractivity contribution < 1.29 is 19.5 Å². The summed E-state index contributed by atoms with van der Waals surface area (Å²) in [4.78, 5) is 37.4. The van der Waals surface area contributed by atoms with Gasteiger partial charge in [0.05, 0.1) is 4.91 Å². The van der Waals surface area contributed by atoms with Crippen LogP contribution in [0.4, 0.5) is 0 Å². The van der Waals surface area contributed by atoms with Gasteiger partial charge in [-0.25, -0.2) is 4.79 Å². The maximum atomic E-state index is 12.2. The standard InChI is InChI=1S/C17H18N2O4S3/c1-19-15(21)13(26-17(19)24)9-10-3-5-11(6-4-10)14(20)18-12(16(22)23)7-8-25-2/h3-6,9,12H,7-8H2,1-2H3,(H,18,20)(H,22,23)/b13-9-. The molecule has 0 bridgehead atoms. The number of carboxylic acid groups (broad SMARTS) is 1. The first kappa shape index (κ1) is 20.5. The molecule has 0 aliphatic carbocycles. The molecule has 1 atom stereocenters. The average Bonchev–Trinajstić information content (AvgIpc) is 2.85. The second-order valence-electron chi connectivity index (χ2n) is 5.51. The van der Waals surface area contributed by atoms with Crippen LogP contribution in [0, 0.1) is 0 Å². The Bertz CT molecular complexity index is 762. The van der Waals surface area contributed by atoms with Crippen LogP contribution in [0.5, 0.6) is 0 Å². The van der Waals surface area contributed by atoms with Gasteiger partial charge in [0.25, 0.3) is 11.8 Å². The van der Waals surface area contributed by atoms with E-state index in [-0.39, 0.29) is 5.91 Å². The zero-order chi connectivity index (χ0) is 19.3. The summed E-state index contributed by atoms with van der Waals surface area (Å²) in [5.74, 6) is -0.998. The molecule has 1 aliphatic rings. The van der Waals surface area contributed by atoms with Gasteiger partial charge in [-0.3, -0.25) is 14.5 Å². The number of hydrogen-bond donors (Lipinski definition) is 2. The third-order valence-electron chi connectivity index (χ3n) is 3.67. The smallest absolute Gasteiger partial charge is 0.326 e. The number of rotatable bonds is 7. The lowest BCUT2D eigenvalue weighted by Gasteiger charge is -2.14. The zero-order valence-corrected chi connectivity index (χ0v) is 16.7. The van der Waals surface area contributed by atoms with Crippen molar-refractivity contribution in [1.29, 1.82) is 0 Å². The van der Waals surface area contributed by atoms with Gasteiger partial charge >= 0.3 is 5.97 Å². The van der Waals surface area contributed by atoms with Gasteiger partial charge in [0.1, 0.15) is 10.4 Å². The van der Waals surface area contributed by atoms with E-state index in [1.165, 1.54) is 28.4 Å². The highest BCUT2D eigenvalue weighted by Gasteiger charge is 2.28. The number of carbonyl (C=O) groups excluding carboxylic acids is 2. The van der Waals surface area contributed by atoms with E-state index in [1.54, 1.807) is 37.4 Å². The van der Waals surface area contributed by atoms with Gasteiger partial charge in [-0.2, -0.15) is 11.8 Å². The fourth-order valence-corrected chi connectivity index (χ4v) is 3.81. The Morgan fingerprint density at radius 3 is 2.54 bits per heavy atom. The predicted octanol–water partition coefficient (Wildman–Crippen LogP) is 2.45. The molecule has 1 aliphatic heterocycles. The van der Waals surface area contributed by atoms with E-state index in [1.807, 2.05) is 6.26 Å². The summed E-state index contributed by atoms with van der Waals surface area (Å²) < 4.78 is 0.502. The van der Waals surface area contributed by atoms with E-state index in [4.69, 9.17) is 12.2 Å². The summed E-state index contributed by atoms with van der Waals surface area (Å²) in [6, 6.07) is 5.69. The first-order valence-corrected chi connectivity index (χ1v) is 10.3. The minimum atomic E-state index is -1.05. The van der Waals surface area contributed by atoms with Crippen molar-refractivity contribution in [1.82, 2.24) is 10.2 Å². The fourth-order valence-electron chi connectivity index (χ4n) is 2.16. The molecule has 138 valence electrons. The third kappa shape index (κ3) is 5.09. The van der Waals surface area contributed by atoms with Crippen molar-refractivity contribution in [3.05, 3.63) is 40.3 Å². The van der Waals surface area contributed by atoms with Crippen LogP contribution < -0.4 is 5.32 Å². The van der Waals surface area contributed by atoms with Crippen LogP contribution in [0.25, 0.3) is 6.08 Å². The van der Waals surface area contributed by atoms with Gasteiger partial charge in [-0.05, 0) is 42.2 Å². The molecule has 0 saturated carbocycles. The first-order valence-electron chi connectivity index (χ1n) is 7.67. The van der Waals surface area contributed by atoms with Gasteiger partial charge < -0.3 is 10.4 Å². The Morgan fingerprint density at radius 1 is 1.38 bits per heavy atom. The zero-order valence-electron chi connectivity index (χ0n) is 14.2. The molecule has 1 saturated heterocycles. The summed E-state index contributed by atoms with van der Waals surface area (Å²) in [5.41, 5.74) is 1.12. The van der Waals surface area contributed by atoms with Gasteiger partial charge in [0.15, 0.2) is 0 Å². The summed E-state index contributed by atoms with van der Waals surface area (Å²) in [7, 11) is 1.63. The quantitative estimate of drug-likeness (QED) is 0.527. The number of amides is 2. The third-order valence-corrected chi connectivity index (χ3v) is 5.80. The minimum Gasteiger partial charge on any atom is -0.480 e. The van der Waals surface area contributed by atoms with Gasteiger partial charge in [-0.15, -0.1) is 0 Å². The molecule has 1 unspecified atom stereocenters. The molecule has 2 N–H and O–H groups in total. The molecule has 0 spiro atoms. The predicted molar refractivity (Wildman–Crippen MR) is 109 cm³/mol. The van der Waals surface area contributed by atoms with Crippen LogP contribution in [0.15, 0.2) is 29.2 Å². The SMILES string of the molecule is CSCCC(NC(=O)c1ccc(/C=C2\SC(=S)N(C)C2=O)cc1)C(=O)O. The monoisotopic (exact) mass is 410 g/mol. The van der Waals surface area contributed by atoms with E-state index >= 15 is 0 Å². The molecular formula is C17H18N2O4S3. The van der Waals surface area contributed by atoms with Crippen molar-refractivity contribution >= 4 is 63.9 Å². The molecule has 1 heterocycles. The van der Waals surface area contributed by atoms with E-state index in [9.17, 15) is 19.5 Å². The summed E-state index contributed by atoms with van der Waals surface area (Å²) in [6.45, 7) is 0. The second kappa shape index (κ2) is 9.20. The van der Waals surface area contributed by atoms with Crippen LogP contribution in [-0.2, 0) is 9.59 Å². The molecule has 1 aromatic carbocycles. The van der Waals surface area contributed by atoms with Crippen molar-refractivity contribution in [3.63, 3.8) is 0 Å². The number of nitrogens with one attached hydrogen (secondary N) is 1. The van der Waals surface area contributed by atoms with Crippen LogP contribution in [0.1, 0.15) is 22.3 Å². The molecule has 2 amide bonds. The number of carboxylic acids is 1. The van der Waals surface area contributed by atoms with Crippen LogP contribution in [-0.4, -0.2) is 57.2 Å². The van der Waals surface area contributed by atoms with Crippen molar-refractivity contribution in [2.75, 3.05) is 19.1 Å². The number of aliphatic carboxylic acids is 1. The molecule has 0 radical (unpaired) electrons. The molecular weight excluding hydrogens is 392 g/mol. The highest BCUT2D eigenvalue weighted by Crippen LogP contribution is 2.31. The largest absolute Gasteiger partial charge is 0.480 e. The molecule has 9 heteroatoms. The Labute approximate surface area is 165 Å². The Balaban J connectivity index is 2.07. The molecule has 1 fully saturated rings. The van der Waals surface area contributed by atoms with E-state index in [0.29, 0.717) is 27.0 Å². The first-order chi connectivity index (χ1) is 12.3. The number of benzene rings is 1. The van der Waals surface area contributed by atoms with Crippen LogP contribution in [0.2, 0.25) is 0 Å². The molecule has 2 rings (SSSR count). The number of thioether (sulfide) groups is 2. The topological polar surface area (TPSA) is 86.7 Å². The lowest BCUT2D eigenvalue weighted by molar-refractivity contribution is -0.139. The van der Waals surface area contributed by atoms with Gasteiger partial charge in [0.2, 0.25) is 0 Å². The molecule has 26 heavy (non-hydrogen) atoms. The average molecular weight is 411 g/mol. The van der Waals surface area contributed by atoms with Crippen LogP contribution >= 0.6 is 35.7 Å². The van der Waals surface area contributed by atoms with Crippen molar-refractivity contribution in [3.8, 4) is 0 Å². The van der Waals surface area contributed by atoms with E-state index in [0.717, 1.165) is 5.56 Å². The number of likely N-dealkylation sites (N-methyl/N-ethyl adjacent to an activating group) is 1. The summed E-state index contributed by atoms with van der Waals surface area (Å²) in [5, 5.41) is 11.7. The number of carbonyl (C=O) groups is 3. The Kier molecular flexibility index (Phi) is 7.24. The number of nitrogens with zero attached hydrogens (tertiary/aromatic N) is 1. The van der Waals surface area contributed by atoms with Gasteiger partial charge in [0, 0.05) is 12.6 Å². The van der Waals surface area contributed by atoms with E-state index < -0.39 is 17.9 Å². The number of thiocarbonyl (C=S) groups is 1. The summed E-state index contributed by atoms with van der Waals surface area (Å²) >= 11 is 7.84. The normalized spacial score (nSPS) is 16.8. The lowest BCUT2D eigenvalue weighted by Crippen LogP contribution is -2.41. The van der Waals surface area contributed by atoms with Gasteiger partial charge in [-0.1, -0.05) is 36.1 Å². The Morgan fingerprint density at radius 2 is 2.04 bits per heavy atom. The minimum absolute atomic E-state index is 0.153.